The van der Waals surface area contributed by atoms with Crippen molar-refractivity contribution >= 4 is 23.6 Å². The molecule has 4 rings (SSSR count). The monoisotopic (exact) mass is 478 g/mol. The van der Waals surface area contributed by atoms with Crippen LogP contribution in [0.15, 0.2) is 30.6 Å². The van der Waals surface area contributed by atoms with Crippen molar-refractivity contribution in [2.75, 3.05) is 23.9 Å². The van der Waals surface area contributed by atoms with Crippen LogP contribution in [0.1, 0.15) is 55.4 Å². The Labute approximate surface area is 204 Å². The van der Waals surface area contributed by atoms with Crippen molar-refractivity contribution < 1.29 is 14.7 Å². The highest BCUT2D eigenvalue weighted by Gasteiger charge is 2.34. The molecule has 0 radical (unpaired) electrons. The summed E-state index contributed by atoms with van der Waals surface area (Å²) >= 11 is 0. The summed E-state index contributed by atoms with van der Waals surface area (Å²) in [5.74, 6) is 1.53. The van der Waals surface area contributed by atoms with Crippen molar-refractivity contribution in [3.8, 4) is 11.5 Å². The van der Waals surface area contributed by atoms with E-state index in [1.807, 2.05) is 56.3 Å². The van der Waals surface area contributed by atoms with Gasteiger partial charge in [0, 0.05) is 31.7 Å². The third kappa shape index (κ3) is 4.53. The number of hydrogen-bond donors (Lipinski definition) is 1. The molecule has 0 aromatic carbocycles. The molecule has 0 bridgehead atoms. The van der Waals surface area contributed by atoms with E-state index in [4.69, 9.17) is 9.97 Å². The van der Waals surface area contributed by atoms with E-state index >= 15 is 0 Å². The van der Waals surface area contributed by atoms with E-state index in [9.17, 15) is 14.7 Å². The molecule has 0 aliphatic carbocycles. The first-order chi connectivity index (χ1) is 16.6. The first-order valence-corrected chi connectivity index (χ1v) is 11.5. The number of anilines is 2. The van der Waals surface area contributed by atoms with Crippen molar-refractivity contribution in [3.63, 3.8) is 0 Å². The van der Waals surface area contributed by atoms with Gasteiger partial charge in [0.1, 0.15) is 23.7 Å². The average molecular weight is 479 g/mol. The van der Waals surface area contributed by atoms with E-state index in [2.05, 4.69) is 10.2 Å². The van der Waals surface area contributed by atoms with Crippen LogP contribution in [0.3, 0.4) is 0 Å². The minimum atomic E-state index is -1.06. The lowest BCUT2D eigenvalue weighted by Crippen LogP contribution is -2.29. The van der Waals surface area contributed by atoms with Gasteiger partial charge in [0.05, 0.1) is 24.3 Å². The van der Waals surface area contributed by atoms with Crippen LogP contribution in [-0.4, -0.2) is 66.9 Å². The van der Waals surface area contributed by atoms with Crippen LogP contribution in [0.2, 0.25) is 0 Å². The molecule has 0 saturated heterocycles. The van der Waals surface area contributed by atoms with E-state index < -0.39 is 6.09 Å². The molecular weight excluding hydrogens is 448 g/mol. The third-order valence-corrected chi connectivity index (χ3v) is 6.21. The summed E-state index contributed by atoms with van der Waals surface area (Å²) in [4.78, 5) is 39.2. The van der Waals surface area contributed by atoms with E-state index in [1.54, 1.807) is 23.4 Å². The topological polar surface area (TPSA) is 121 Å². The Morgan fingerprint density at radius 1 is 1.17 bits per heavy atom. The van der Waals surface area contributed by atoms with Gasteiger partial charge < -0.3 is 19.5 Å². The number of nitrogens with zero attached hydrogens (tertiary/aromatic N) is 8. The predicted molar refractivity (Wildman–Crippen MR) is 131 cm³/mol. The van der Waals surface area contributed by atoms with Crippen molar-refractivity contribution in [1.82, 2.24) is 29.6 Å². The summed E-state index contributed by atoms with van der Waals surface area (Å²) in [5.41, 5.74) is 2.39. The van der Waals surface area contributed by atoms with E-state index in [0.29, 0.717) is 40.0 Å². The van der Waals surface area contributed by atoms with Gasteiger partial charge in [-0.2, -0.15) is 0 Å². The van der Waals surface area contributed by atoms with Gasteiger partial charge >= 0.3 is 6.09 Å². The number of aromatic nitrogens is 5. The molecule has 0 saturated carbocycles. The minimum Gasteiger partial charge on any atom is -0.465 e. The van der Waals surface area contributed by atoms with Crippen LogP contribution in [0, 0.1) is 0 Å². The summed E-state index contributed by atoms with van der Waals surface area (Å²) in [6.45, 7) is 8.44. The minimum absolute atomic E-state index is 0.0729. The Balaban J connectivity index is 1.74. The van der Waals surface area contributed by atoms with E-state index in [1.165, 1.54) is 7.05 Å². The Morgan fingerprint density at radius 3 is 2.57 bits per heavy atom. The van der Waals surface area contributed by atoms with Crippen LogP contribution < -0.4 is 9.80 Å². The molecule has 0 fully saturated rings. The highest BCUT2D eigenvalue weighted by atomic mass is 16.4. The molecule has 184 valence electrons. The summed E-state index contributed by atoms with van der Waals surface area (Å²) in [6.07, 6.45) is 0.600. The summed E-state index contributed by atoms with van der Waals surface area (Å²) in [6, 6.07) is 7.53. The van der Waals surface area contributed by atoms with E-state index in [-0.39, 0.29) is 31.1 Å². The molecule has 0 spiro atoms. The molecule has 2 amide bonds. The van der Waals surface area contributed by atoms with Gasteiger partial charge in [-0.05, 0) is 45.9 Å². The van der Waals surface area contributed by atoms with Crippen molar-refractivity contribution in [2.24, 2.45) is 0 Å². The Hall–Kier alpha value is -4.02. The molecule has 3 aromatic heterocycles. The molecule has 0 unspecified atom stereocenters. The number of carbonyl (C=O) groups is 2. The van der Waals surface area contributed by atoms with Gasteiger partial charge in [0.2, 0.25) is 0 Å². The Kier molecular flexibility index (Phi) is 6.42. The van der Waals surface area contributed by atoms with Crippen LogP contribution in [0.25, 0.3) is 11.5 Å². The fourth-order valence-corrected chi connectivity index (χ4v) is 3.91. The molecule has 11 heteroatoms. The lowest BCUT2D eigenvalue weighted by Gasteiger charge is -2.24. The van der Waals surface area contributed by atoms with Crippen LogP contribution in [0.5, 0.6) is 0 Å². The Morgan fingerprint density at radius 2 is 1.91 bits per heavy atom. The van der Waals surface area contributed by atoms with Gasteiger partial charge in [-0.15, -0.1) is 10.2 Å². The van der Waals surface area contributed by atoms with E-state index in [0.717, 1.165) is 4.90 Å². The van der Waals surface area contributed by atoms with Gasteiger partial charge in [-0.1, -0.05) is 6.07 Å². The SMILES string of the molecule is CC(C)N(C)c1cc2c(c(CN(C)C(=O)O)n1)CN(c1cccc(-c3nncn3C(C)C)n1)C2=O. The van der Waals surface area contributed by atoms with Crippen LogP contribution in [0.4, 0.5) is 16.4 Å². The molecule has 0 atom stereocenters. The normalized spacial score (nSPS) is 13.0. The van der Waals surface area contributed by atoms with Crippen molar-refractivity contribution in [1.29, 1.82) is 0 Å². The van der Waals surface area contributed by atoms with Crippen molar-refractivity contribution in [2.45, 2.75) is 52.9 Å². The fraction of sp³-hybridized carbons (Fsp3) is 0.417. The predicted octanol–water partition coefficient (Wildman–Crippen LogP) is 3.43. The second kappa shape index (κ2) is 9.32. The Bertz CT molecular complexity index is 1270. The van der Waals surface area contributed by atoms with Crippen molar-refractivity contribution in [3.05, 3.63) is 47.4 Å². The van der Waals surface area contributed by atoms with Gasteiger partial charge in [0.15, 0.2) is 5.82 Å². The largest absolute Gasteiger partial charge is 0.465 e. The number of carboxylic acid groups (broad SMARTS) is 1. The average Bonchev–Trinajstić information content (AvgIpc) is 3.44. The molecule has 35 heavy (non-hydrogen) atoms. The number of carbonyl (C=O) groups excluding carboxylic acids is 1. The second-order valence-electron chi connectivity index (χ2n) is 9.22. The lowest BCUT2D eigenvalue weighted by atomic mass is 10.1. The lowest BCUT2D eigenvalue weighted by molar-refractivity contribution is 0.0996. The molecule has 1 aliphatic heterocycles. The summed E-state index contributed by atoms with van der Waals surface area (Å²) in [7, 11) is 3.39. The first-order valence-electron chi connectivity index (χ1n) is 11.5. The van der Waals surface area contributed by atoms with Crippen LogP contribution in [-0.2, 0) is 13.1 Å². The number of rotatable bonds is 7. The molecule has 1 aliphatic rings. The third-order valence-electron chi connectivity index (χ3n) is 6.21. The summed E-state index contributed by atoms with van der Waals surface area (Å²) in [5, 5.41) is 17.6. The quantitative estimate of drug-likeness (QED) is 0.548. The second-order valence-corrected chi connectivity index (χ2v) is 9.22. The maximum atomic E-state index is 13.6. The van der Waals surface area contributed by atoms with Gasteiger partial charge in [-0.3, -0.25) is 9.69 Å². The zero-order valence-corrected chi connectivity index (χ0v) is 20.8. The molecule has 11 nitrogen and oxygen atoms in total. The first kappa shape index (κ1) is 24.1. The molecule has 4 heterocycles. The number of fused-ring (bicyclic) bond motifs is 1. The smallest absolute Gasteiger partial charge is 0.407 e. The number of amides is 2. The highest BCUT2D eigenvalue weighted by molar-refractivity contribution is 6.10. The zero-order chi connectivity index (χ0) is 25.4. The fourth-order valence-electron chi connectivity index (χ4n) is 3.91. The zero-order valence-electron chi connectivity index (χ0n) is 20.8. The maximum absolute atomic E-state index is 13.6. The highest BCUT2D eigenvalue weighted by Crippen LogP contribution is 2.33. The summed E-state index contributed by atoms with van der Waals surface area (Å²) < 4.78 is 1.92. The number of pyridine rings is 2. The number of hydrogen-bond acceptors (Lipinski definition) is 7. The maximum Gasteiger partial charge on any atom is 0.407 e. The van der Waals surface area contributed by atoms with Gasteiger partial charge in [0.25, 0.3) is 5.91 Å². The van der Waals surface area contributed by atoms with Crippen LogP contribution >= 0.6 is 0 Å². The standard InChI is InChI=1S/C24H30N8O3/c1-14(2)30(6)21-10-16-17(19(27-21)12-29(5)24(34)35)11-31(23(16)33)20-9-7-8-18(26-20)22-28-25-13-32(22)15(3)4/h7-10,13-15H,11-12H2,1-6H3,(H,34,35). The molecule has 1 N–H and O–H groups in total. The molecule has 3 aromatic rings. The molecular formula is C24H30N8O3. The van der Waals surface area contributed by atoms with Gasteiger partial charge in [-0.25, -0.2) is 14.8 Å².